The Morgan fingerprint density at radius 1 is 1.33 bits per heavy atom. The standard InChI is InChI=1S/C12H16O3/c1-8(2)15-12-10(9(3)13)6-5-7-11(12)14-4/h5-8H,1-4H3. The van der Waals surface area contributed by atoms with E-state index in [-0.39, 0.29) is 11.9 Å². The lowest BCUT2D eigenvalue weighted by molar-refractivity contribution is 0.101. The molecule has 1 aromatic carbocycles. The molecule has 0 bridgehead atoms. The summed E-state index contributed by atoms with van der Waals surface area (Å²) in [6.45, 7) is 5.34. The molecular formula is C12H16O3. The van der Waals surface area contributed by atoms with Crippen molar-refractivity contribution in [1.29, 1.82) is 0 Å². The molecule has 0 N–H and O–H groups in total. The molecule has 0 heterocycles. The van der Waals surface area contributed by atoms with E-state index < -0.39 is 0 Å². The van der Waals surface area contributed by atoms with Gasteiger partial charge in [0.15, 0.2) is 17.3 Å². The average Bonchev–Trinajstić information content (AvgIpc) is 2.16. The third-order valence-electron chi connectivity index (χ3n) is 1.93. The van der Waals surface area contributed by atoms with Crippen molar-refractivity contribution < 1.29 is 14.3 Å². The summed E-state index contributed by atoms with van der Waals surface area (Å²) < 4.78 is 10.7. The monoisotopic (exact) mass is 208 g/mol. The summed E-state index contributed by atoms with van der Waals surface area (Å²) in [5.74, 6) is 1.10. The highest BCUT2D eigenvalue weighted by atomic mass is 16.5. The first-order valence-electron chi connectivity index (χ1n) is 4.91. The minimum Gasteiger partial charge on any atom is -0.493 e. The van der Waals surface area contributed by atoms with Gasteiger partial charge in [0.2, 0.25) is 0 Å². The number of hydrogen-bond donors (Lipinski definition) is 0. The van der Waals surface area contributed by atoms with Crippen LogP contribution in [0.2, 0.25) is 0 Å². The van der Waals surface area contributed by atoms with Gasteiger partial charge in [-0.15, -0.1) is 0 Å². The van der Waals surface area contributed by atoms with Gasteiger partial charge in [0.25, 0.3) is 0 Å². The number of ether oxygens (including phenoxy) is 2. The molecule has 0 spiro atoms. The van der Waals surface area contributed by atoms with Crippen LogP contribution in [0.25, 0.3) is 0 Å². The molecule has 3 heteroatoms. The Labute approximate surface area is 90.0 Å². The van der Waals surface area contributed by atoms with E-state index in [1.807, 2.05) is 13.8 Å². The molecule has 0 atom stereocenters. The molecule has 0 saturated heterocycles. The summed E-state index contributed by atoms with van der Waals surface area (Å²) in [5, 5.41) is 0. The minimum absolute atomic E-state index is 0.0133. The highest BCUT2D eigenvalue weighted by molar-refractivity contribution is 5.97. The maximum Gasteiger partial charge on any atom is 0.172 e. The van der Waals surface area contributed by atoms with Crippen LogP contribution in [0.5, 0.6) is 11.5 Å². The van der Waals surface area contributed by atoms with E-state index in [1.54, 1.807) is 25.3 Å². The molecule has 0 fully saturated rings. The number of carbonyl (C=O) groups is 1. The molecule has 0 aliphatic heterocycles. The van der Waals surface area contributed by atoms with E-state index in [2.05, 4.69) is 0 Å². The van der Waals surface area contributed by atoms with Crippen molar-refractivity contribution in [1.82, 2.24) is 0 Å². The van der Waals surface area contributed by atoms with Crippen molar-refractivity contribution in [3.05, 3.63) is 23.8 Å². The second-order valence-corrected chi connectivity index (χ2v) is 3.56. The van der Waals surface area contributed by atoms with Gasteiger partial charge in [-0.2, -0.15) is 0 Å². The fourth-order valence-electron chi connectivity index (χ4n) is 1.31. The van der Waals surface area contributed by atoms with Gasteiger partial charge in [0.05, 0.1) is 18.8 Å². The molecule has 0 saturated carbocycles. The topological polar surface area (TPSA) is 35.5 Å². The summed E-state index contributed by atoms with van der Waals surface area (Å²) >= 11 is 0. The quantitative estimate of drug-likeness (QED) is 0.713. The molecule has 82 valence electrons. The molecule has 0 aliphatic rings. The lowest BCUT2D eigenvalue weighted by Gasteiger charge is -2.15. The second kappa shape index (κ2) is 4.82. The van der Waals surface area contributed by atoms with E-state index in [9.17, 15) is 4.79 Å². The van der Waals surface area contributed by atoms with Gasteiger partial charge < -0.3 is 9.47 Å². The normalized spacial score (nSPS) is 10.2. The molecular weight excluding hydrogens is 192 g/mol. The molecule has 0 radical (unpaired) electrons. The van der Waals surface area contributed by atoms with Crippen molar-refractivity contribution in [2.75, 3.05) is 7.11 Å². The first-order chi connectivity index (χ1) is 7.06. The fourth-order valence-corrected chi connectivity index (χ4v) is 1.31. The highest BCUT2D eigenvalue weighted by Crippen LogP contribution is 2.32. The number of ketones is 1. The summed E-state index contributed by atoms with van der Waals surface area (Å²) in [6.07, 6.45) is 0.0133. The maximum absolute atomic E-state index is 11.4. The maximum atomic E-state index is 11.4. The summed E-state index contributed by atoms with van der Waals surface area (Å²) in [6, 6.07) is 5.30. The van der Waals surface area contributed by atoms with Crippen molar-refractivity contribution in [3.63, 3.8) is 0 Å². The van der Waals surface area contributed by atoms with Crippen LogP contribution in [0.15, 0.2) is 18.2 Å². The van der Waals surface area contributed by atoms with Crippen LogP contribution >= 0.6 is 0 Å². The zero-order valence-corrected chi connectivity index (χ0v) is 9.53. The van der Waals surface area contributed by atoms with Crippen LogP contribution in [-0.2, 0) is 0 Å². The Balaban J connectivity index is 3.20. The zero-order chi connectivity index (χ0) is 11.4. The summed E-state index contributed by atoms with van der Waals surface area (Å²) in [5.41, 5.74) is 0.558. The number of benzene rings is 1. The van der Waals surface area contributed by atoms with Crippen LogP contribution in [0.4, 0.5) is 0 Å². The van der Waals surface area contributed by atoms with Crippen LogP contribution < -0.4 is 9.47 Å². The Morgan fingerprint density at radius 2 is 2.00 bits per heavy atom. The van der Waals surface area contributed by atoms with Gasteiger partial charge in [-0.3, -0.25) is 4.79 Å². The minimum atomic E-state index is -0.0236. The SMILES string of the molecule is COc1cccc(C(C)=O)c1OC(C)C. The van der Waals surface area contributed by atoms with Gasteiger partial charge in [-0.1, -0.05) is 6.07 Å². The third kappa shape index (κ3) is 2.72. The third-order valence-corrected chi connectivity index (χ3v) is 1.93. The van der Waals surface area contributed by atoms with Gasteiger partial charge in [-0.25, -0.2) is 0 Å². The molecule has 0 aromatic heterocycles. The smallest absolute Gasteiger partial charge is 0.172 e. The number of Topliss-reactive ketones (excluding diaryl/α,β-unsaturated/α-hetero) is 1. The summed E-state index contributed by atoms with van der Waals surface area (Å²) in [7, 11) is 1.56. The molecule has 0 aliphatic carbocycles. The number of carbonyl (C=O) groups excluding carboxylic acids is 1. The lowest BCUT2D eigenvalue weighted by Crippen LogP contribution is -2.10. The fraction of sp³-hybridized carbons (Fsp3) is 0.417. The van der Waals surface area contributed by atoms with Crippen molar-refractivity contribution in [3.8, 4) is 11.5 Å². The predicted molar refractivity (Wildman–Crippen MR) is 58.8 cm³/mol. The number of para-hydroxylation sites is 1. The Morgan fingerprint density at radius 3 is 2.47 bits per heavy atom. The van der Waals surface area contributed by atoms with Crippen molar-refractivity contribution in [2.45, 2.75) is 26.9 Å². The second-order valence-electron chi connectivity index (χ2n) is 3.56. The van der Waals surface area contributed by atoms with Crippen LogP contribution in [0.3, 0.4) is 0 Å². The number of hydrogen-bond acceptors (Lipinski definition) is 3. The van der Waals surface area contributed by atoms with Crippen LogP contribution in [0, 0.1) is 0 Å². The highest BCUT2D eigenvalue weighted by Gasteiger charge is 2.14. The molecule has 15 heavy (non-hydrogen) atoms. The van der Waals surface area contributed by atoms with Gasteiger partial charge in [0.1, 0.15) is 0 Å². The van der Waals surface area contributed by atoms with E-state index in [0.29, 0.717) is 17.1 Å². The first-order valence-corrected chi connectivity index (χ1v) is 4.91. The first kappa shape index (κ1) is 11.6. The van der Waals surface area contributed by atoms with E-state index in [0.717, 1.165) is 0 Å². The van der Waals surface area contributed by atoms with E-state index in [4.69, 9.17) is 9.47 Å². The average molecular weight is 208 g/mol. The lowest BCUT2D eigenvalue weighted by atomic mass is 10.1. The van der Waals surface area contributed by atoms with Crippen LogP contribution in [0.1, 0.15) is 31.1 Å². The van der Waals surface area contributed by atoms with Crippen LogP contribution in [-0.4, -0.2) is 19.0 Å². The largest absolute Gasteiger partial charge is 0.493 e. The number of methoxy groups -OCH3 is 1. The van der Waals surface area contributed by atoms with Gasteiger partial charge in [-0.05, 0) is 32.9 Å². The molecule has 1 rings (SSSR count). The Kier molecular flexibility index (Phi) is 3.72. The van der Waals surface area contributed by atoms with Gasteiger partial charge in [0, 0.05) is 0 Å². The molecule has 1 aromatic rings. The van der Waals surface area contributed by atoms with Crippen molar-refractivity contribution >= 4 is 5.78 Å². The van der Waals surface area contributed by atoms with E-state index in [1.165, 1.54) is 6.92 Å². The molecule has 0 amide bonds. The van der Waals surface area contributed by atoms with E-state index >= 15 is 0 Å². The number of rotatable bonds is 4. The Bertz CT molecular complexity index is 356. The van der Waals surface area contributed by atoms with Gasteiger partial charge >= 0.3 is 0 Å². The zero-order valence-electron chi connectivity index (χ0n) is 9.53. The predicted octanol–water partition coefficient (Wildman–Crippen LogP) is 2.69. The Hall–Kier alpha value is -1.51. The summed E-state index contributed by atoms with van der Waals surface area (Å²) in [4.78, 5) is 11.4. The van der Waals surface area contributed by atoms with Crippen molar-refractivity contribution in [2.24, 2.45) is 0 Å². The molecule has 0 unspecified atom stereocenters. The molecule has 3 nitrogen and oxygen atoms in total.